The first-order valence-corrected chi connectivity index (χ1v) is 4.58. The molecular weight excluding hydrogens is 138 g/mol. The third kappa shape index (κ3) is 1.41. The van der Waals surface area contributed by atoms with E-state index in [0.717, 1.165) is 13.1 Å². The predicted molar refractivity (Wildman–Crippen MR) is 45.4 cm³/mol. The van der Waals surface area contributed by atoms with Gasteiger partial charge >= 0.3 is 0 Å². The molecule has 0 aliphatic carbocycles. The van der Waals surface area contributed by atoms with E-state index in [0.29, 0.717) is 12.1 Å². The molecule has 2 saturated heterocycles. The van der Waals surface area contributed by atoms with Crippen molar-refractivity contribution in [2.75, 3.05) is 26.2 Å². The minimum Gasteiger partial charge on any atom is -0.325 e. The first-order valence-electron chi connectivity index (χ1n) is 4.58. The Morgan fingerprint density at radius 2 is 1.91 bits per heavy atom. The Bertz CT molecular complexity index is 131. The lowest BCUT2D eigenvalue weighted by Crippen LogP contribution is -2.45. The second-order valence-electron chi connectivity index (χ2n) is 3.63. The molecule has 0 aromatic carbocycles. The summed E-state index contributed by atoms with van der Waals surface area (Å²) < 4.78 is 0. The van der Waals surface area contributed by atoms with Crippen LogP contribution in [0.3, 0.4) is 0 Å². The van der Waals surface area contributed by atoms with Crippen molar-refractivity contribution in [3.8, 4) is 0 Å². The second-order valence-corrected chi connectivity index (χ2v) is 3.63. The van der Waals surface area contributed by atoms with Crippen molar-refractivity contribution in [1.82, 2.24) is 10.2 Å². The SMILES string of the molecule is NC1CNCC1N1CCCC1. The van der Waals surface area contributed by atoms with Crippen LogP contribution in [-0.2, 0) is 0 Å². The van der Waals surface area contributed by atoms with Gasteiger partial charge in [-0.05, 0) is 25.9 Å². The van der Waals surface area contributed by atoms with Crippen LogP contribution in [0.25, 0.3) is 0 Å². The fraction of sp³-hybridized carbons (Fsp3) is 1.00. The van der Waals surface area contributed by atoms with E-state index in [-0.39, 0.29) is 0 Å². The van der Waals surface area contributed by atoms with Crippen LogP contribution in [0, 0.1) is 0 Å². The standard InChI is InChI=1S/C8H17N3/c9-7-5-10-6-8(7)11-3-1-2-4-11/h7-8,10H,1-6,9H2. The summed E-state index contributed by atoms with van der Waals surface area (Å²) in [4.78, 5) is 2.53. The van der Waals surface area contributed by atoms with Crippen molar-refractivity contribution in [3.63, 3.8) is 0 Å². The highest BCUT2D eigenvalue weighted by Gasteiger charge is 2.30. The molecule has 64 valence electrons. The average Bonchev–Trinajstić information content (AvgIpc) is 2.55. The van der Waals surface area contributed by atoms with Gasteiger partial charge in [0, 0.05) is 25.2 Å². The molecule has 0 bridgehead atoms. The molecule has 11 heavy (non-hydrogen) atoms. The van der Waals surface area contributed by atoms with E-state index in [2.05, 4.69) is 10.2 Å². The van der Waals surface area contributed by atoms with Gasteiger partial charge < -0.3 is 11.1 Å². The highest BCUT2D eigenvalue weighted by molar-refractivity contribution is 4.92. The molecular formula is C8H17N3. The molecule has 2 fully saturated rings. The molecule has 2 heterocycles. The summed E-state index contributed by atoms with van der Waals surface area (Å²) in [5.74, 6) is 0. The first kappa shape index (κ1) is 7.53. The third-order valence-corrected chi connectivity index (χ3v) is 2.84. The molecule has 2 atom stereocenters. The Morgan fingerprint density at radius 3 is 2.45 bits per heavy atom. The van der Waals surface area contributed by atoms with Crippen molar-refractivity contribution >= 4 is 0 Å². The number of hydrogen-bond acceptors (Lipinski definition) is 3. The highest BCUT2D eigenvalue weighted by atomic mass is 15.2. The normalized spacial score (nSPS) is 40.1. The minimum absolute atomic E-state index is 0.369. The van der Waals surface area contributed by atoms with Gasteiger partial charge in [0.15, 0.2) is 0 Å². The fourth-order valence-corrected chi connectivity index (χ4v) is 2.16. The van der Waals surface area contributed by atoms with Crippen molar-refractivity contribution in [2.24, 2.45) is 5.73 Å². The van der Waals surface area contributed by atoms with E-state index in [4.69, 9.17) is 5.73 Å². The van der Waals surface area contributed by atoms with Crippen LogP contribution in [0.5, 0.6) is 0 Å². The van der Waals surface area contributed by atoms with E-state index in [9.17, 15) is 0 Å². The van der Waals surface area contributed by atoms with Gasteiger partial charge in [0.05, 0.1) is 0 Å². The predicted octanol–water partition coefficient (Wildman–Crippen LogP) is -0.619. The van der Waals surface area contributed by atoms with Crippen LogP contribution in [-0.4, -0.2) is 43.2 Å². The molecule has 0 amide bonds. The van der Waals surface area contributed by atoms with Gasteiger partial charge in [0.2, 0.25) is 0 Å². The minimum atomic E-state index is 0.369. The molecule has 3 N–H and O–H groups in total. The molecule has 0 aromatic heterocycles. The maximum atomic E-state index is 5.95. The van der Waals surface area contributed by atoms with Crippen molar-refractivity contribution in [3.05, 3.63) is 0 Å². The lowest BCUT2D eigenvalue weighted by Gasteiger charge is -2.25. The summed E-state index contributed by atoms with van der Waals surface area (Å²) in [6.07, 6.45) is 2.73. The van der Waals surface area contributed by atoms with Gasteiger partial charge in [0.25, 0.3) is 0 Å². The van der Waals surface area contributed by atoms with Crippen LogP contribution in [0.15, 0.2) is 0 Å². The Hall–Kier alpha value is -0.120. The Kier molecular flexibility index (Phi) is 2.11. The van der Waals surface area contributed by atoms with E-state index >= 15 is 0 Å². The number of nitrogens with two attached hydrogens (primary N) is 1. The van der Waals surface area contributed by atoms with E-state index in [1.807, 2.05) is 0 Å². The fourth-order valence-electron chi connectivity index (χ4n) is 2.16. The summed E-state index contributed by atoms with van der Waals surface area (Å²) in [5.41, 5.74) is 5.95. The zero-order chi connectivity index (χ0) is 7.68. The monoisotopic (exact) mass is 155 g/mol. The Labute approximate surface area is 67.9 Å². The van der Waals surface area contributed by atoms with Crippen LogP contribution >= 0.6 is 0 Å². The maximum absolute atomic E-state index is 5.95. The Morgan fingerprint density at radius 1 is 1.18 bits per heavy atom. The topological polar surface area (TPSA) is 41.3 Å². The van der Waals surface area contributed by atoms with Crippen molar-refractivity contribution in [1.29, 1.82) is 0 Å². The molecule has 3 nitrogen and oxygen atoms in total. The first-order chi connectivity index (χ1) is 5.38. The zero-order valence-corrected chi connectivity index (χ0v) is 6.92. The van der Waals surface area contributed by atoms with Gasteiger partial charge in [-0.2, -0.15) is 0 Å². The summed E-state index contributed by atoms with van der Waals surface area (Å²) in [6.45, 7) is 4.63. The van der Waals surface area contributed by atoms with Crippen LogP contribution in [0.4, 0.5) is 0 Å². The number of nitrogens with zero attached hydrogens (tertiary/aromatic N) is 1. The molecule has 2 aliphatic heterocycles. The summed E-state index contributed by atoms with van der Waals surface area (Å²) in [6, 6.07) is 0.991. The molecule has 3 heteroatoms. The van der Waals surface area contributed by atoms with Crippen LogP contribution in [0.1, 0.15) is 12.8 Å². The molecule has 0 aromatic rings. The molecule has 0 radical (unpaired) electrons. The largest absolute Gasteiger partial charge is 0.325 e. The third-order valence-electron chi connectivity index (χ3n) is 2.84. The zero-order valence-electron chi connectivity index (χ0n) is 6.92. The molecule has 0 saturated carbocycles. The summed E-state index contributed by atoms with van der Waals surface area (Å²) in [7, 11) is 0. The van der Waals surface area contributed by atoms with Gasteiger partial charge in [-0.25, -0.2) is 0 Å². The molecule has 0 spiro atoms. The van der Waals surface area contributed by atoms with E-state index < -0.39 is 0 Å². The van der Waals surface area contributed by atoms with Crippen molar-refractivity contribution in [2.45, 2.75) is 24.9 Å². The highest BCUT2D eigenvalue weighted by Crippen LogP contribution is 2.15. The summed E-state index contributed by atoms with van der Waals surface area (Å²) >= 11 is 0. The van der Waals surface area contributed by atoms with Crippen LogP contribution < -0.4 is 11.1 Å². The van der Waals surface area contributed by atoms with Crippen LogP contribution in [0.2, 0.25) is 0 Å². The van der Waals surface area contributed by atoms with Gasteiger partial charge in [0.1, 0.15) is 0 Å². The smallest absolute Gasteiger partial charge is 0.0384 e. The lowest BCUT2D eigenvalue weighted by molar-refractivity contribution is 0.242. The molecule has 2 rings (SSSR count). The van der Waals surface area contributed by atoms with E-state index in [1.165, 1.54) is 25.9 Å². The molecule has 2 aliphatic rings. The number of nitrogens with one attached hydrogen (secondary N) is 1. The Balaban J connectivity index is 1.92. The van der Waals surface area contributed by atoms with Gasteiger partial charge in [-0.15, -0.1) is 0 Å². The quantitative estimate of drug-likeness (QED) is 0.530. The lowest BCUT2D eigenvalue weighted by atomic mass is 10.1. The van der Waals surface area contributed by atoms with Gasteiger partial charge in [-0.3, -0.25) is 4.90 Å². The number of hydrogen-bond donors (Lipinski definition) is 2. The van der Waals surface area contributed by atoms with Crippen molar-refractivity contribution < 1.29 is 0 Å². The van der Waals surface area contributed by atoms with E-state index in [1.54, 1.807) is 0 Å². The van der Waals surface area contributed by atoms with Gasteiger partial charge in [-0.1, -0.05) is 0 Å². The maximum Gasteiger partial charge on any atom is 0.0384 e. The number of likely N-dealkylation sites (tertiary alicyclic amines) is 1. The average molecular weight is 155 g/mol. The molecule has 2 unspecified atom stereocenters. The number of rotatable bonds is 1. The summed E-state index contributed by atoms with van der Waals surface area (Å²) in [5, 5.41) is 3.33. The second kappa shape index (κ2) is 3.09.